The van der Waals surface area contributed by atoms with Crippen molar-refractivity contribution in [2.45, 2.75) is 19.6 Å². The molecule has 3 rings (SSSR count). The zero-order chi connectivity index (χ0) is 17.1. The number of anilines is 2. The Labute approximate surface area is 138 Å². The highest BCUT2D eigenvalue weighted by molar-refractivity contribution is 5.90. The lowest BCUT2D eigenvalue weighted by atomic mass is 10.2. The molecule has 8 heteroatoms. The van der Waals surface area contributed by atoms with Crippen LogP contribution in [-0.4, -0.2) is 51.2 Å². The molecule has 24 heavy (non-hydrogen) atoms. The predicted molar refractivity (Wildman–Crippen MR) is 83.4 cm³/mol. The van der Waals surface area contributed by atoms with E-state index in [4.69, 9.17) is 14.2 Å². The number of morpholine rings is 1. The Balaban J connectivity index is 1.72. The Morgan fingerprint density at radius 1 is 1.38 bits per heavy atom. The number of hydrogen-bond donors (Lipinski definition) is 0. The van der Waals surface area contributed by atoms with E-state index in [0.717, 1.165) is 0 Å². The Kier molecular flexibility index (Phi) is 4.84. The second-order valence-corrected chi connectivity index (χ2v) is 5.50. The number of amides is 1. The maximum Gasteiger partial charge on any atom is 0.417 e. The number of hydrogen-bond acceptors (Lipinski definition) is 6. The number of benzene rings is 1. The van der Waals surface area contributed by atoms with Crippen LogP contribution >= 0.6 is 0 Å². The van der Waals surface area contributed by atoms with Crippen LogP contribution in [0.1, 0.15) is 13.3 Å². The van der Waals surface area contributed by atoms with E-state index >= 15 is 0 Å². The minimum Gasteiger partial charge on any atom is -0.423 e. The first-order valence-corrected chi connectivity index (χ1v) is 7.88. The first kappa shape index (κ1) is 16.5. The highest BCUT2D eigenvalue weighted by atomic mass is 19.1. The van der Waals surface area contributed by atoms with Crippen molar-refractivity contribution in [3.05, 3.63) is 24.0 Å². The molecule has 0 N–H and O–H groups in total. The highest BCUT2D eigenvalue weighted by Crippen LogP contribution is 2.28. The molecule has 0 aliphatic carbocycles. The summed E-state index contributed by atoms with van der Waals surface area (Å²) in [6.07, 6.45) is -1.44. The standard InChI is InChI=1S/C16H19FN2O5/c1-2-14(20)23-15-10-19(16(21)24-15)11-3-4-13(12(17)9-11)18-5-7-22-8-6-18/h3-4,9,15H,2,5-8,10H2,1H3/t15-/m1/s1. The number of carbonyl (C=O) groups excluding carboxylic acids is 2. The van der Waals surface area contributed by atoms with Crippen LogP contribution in [0.15, 0.2) is 18.2 Å². The van der Waals surface area contributed by atoms with Gasteiger partial charge in [-0.2, -0.15) is 0 Å². The molecule has 0 radical (unpaired) electrons. The van der Waals surface area contributed by atoms with Crippen molar-refractivity contribution in [1.82, 2.24) is 0 Å². The Morgan fingerprint density at radius 3 is 2.79 bits per heavy atom. The van der Waals surface area contributed by atoms with Crippen LogP contribution in [0.2, 0.25) is 0 Å². The van der Waals surface area contributed by atoms with Gasteiger partial charge in [0, 0.05) is 19.5 Å². The van der Waals surface area contributed by atoms with E-state index < -0.39 is 24.2 Å². The molecule has 0 bridgehead atoms. The number of rotatable bonds is 4. The molecule has 2 fully saturated rings. The SMILES string of the molecule is CCC(=O)O[C@H]1CN(c2ccc(N3CCOCC3)c(F)c2)C(=O)O1. The number of cyclic esters (lactones) is 1. The largest absolute Gasteiger partial charge is 0.423 e. The van der Waals surface area contributed by atoms with Crippen molar-refractivity contribution in [2.75, 3.05) is 42.6 Å². The molecular weight excluding hydrogens is 319 g/mol. The van der Waals surface area contributed by atoms with Gasteiger partial charge in [0.15, 0.2) is 0 Å². The summed E-state index contributed by atoms with van der Waals surface area (Å²) in [5.74, 6) is -0.875. The molecule has 130 valence electrons. The zero-order valence-corrected chi connectivity index (χ0v) is 13.4. The highest BCUT2D eigenvalue weighted by Gasteiger charge is 2.35. The molecular formula is C16H19FN2O5. The Bertz CT molecular complexity index is 633. The van der Waals surface area contributed by atoms with Crippen molar-refractivity contribution in [1.29, 1.82) is 0 Å². The summed E-state index contributed by atoms with van der Waals surface area (Å²) in [7, 11) is 0. The van der Waals surface area contributed by atoms with E-state index in [1.807, 2.05) is 4.90 Å². The summed E-state index contributed by atoms with van der Waals surface area (Å²) in [5, 5.41) is 0. The molecule has 1 aromatic rings. The third-order valence-corrected chi connectivity index (χ3v) is 3.93. The number of carbonyl (C=O) groups is 2. The fourth-order valence-electron chi connectivity index (χ4n) is 2.66. The minimum atomic E-state index is -0.966. The lowest BCUT2D eigenvalue weighted by Gasteiger charge is -2.29. The van der Waals surface area contributed by atoms with Crippen LogP contribution in [0.3, 0.4) is 0 Å². The molecule has 1 atom stereocenters. The smallest absolute Gasteiger partial charge is 0.417 e. The molecule has 0 aromatic heterocycles. The van der Waals surface area contributed by atoms with Crippen molar-refractivity contribution >= 4 is 23.4 Å². The summed E-state index contributed by atoms with van der Waals surface area (Å²) < 4.78 is 29.7. The van der Waals surface area contributed by atoms with Gasteiger partial charge in [0.05, 0.1) is 24.6 Å². The third kappa shape index (κ3) is 3.43. The molecule has 2 heterocycles. The van der Waals surface area contributed by atoms with Crippen LogP contribution < -0.4 is 9.80 Å². The van der Waals surface area contributed by atoms with Gasteiger partial charge in [0.25, 0.3) is 6.29 Å². The number of halogens is 1. The summed E-state index contributed by atoms with van der Waals surface area (Å²) in [6, 6.07) is 4.57. The lowest BCUT2D eigenvalue weighted by Crippen LogP contribution is -2.36. The average Bonchev–Trinajstić information content (AvgIpc) is 2.95. The van der Waals surface area contributed by atoms with Gasteiger partial charge in [-0.1, -0.05) is 6.92 Å². The zero-order valence-electron chi connectivity index (χ0n) is 13.4. The maximum atomic E-state index is 14.4. The fourth-order valence-corrected chi connectivity index (χ4v) is 2.66. The monoisotopic (exact) mass is 338 g/mol. The first-order valence-electron chi connectivity index (χ1n) is 7.88. The van der Waals surface area contributed by atoms with Gasteiger partial charge in [0.2, 0.25) is 0 Å². The van der Waals surface area contributed by atoms with E-state index in [0.29, 0.717) is 37.7 Å². The minimum absolute atomic E-state index is 0.0426. The number of esters is 1. The van der Waals surface area contributed by atoms with Gasteiger partial charge < -0.3 is 19.1 Å². The normalized spacial score (nSPS) is 20.9. The molecule has 2 aliphatic heterocycles. The van der Waals surface area contributed by atoms with E-state index in [1.54, 1.807) is 19.1 Å². The molecule has 0 saturated carbocycles. The summed E-state index contributed by atoms with van der Waals surface area (Å²) >= 11 is 0. The van der Waals surface area contributed by atoms with Crippen LogP contribution in [-0.2, 0) is 19.0 Å². The van der Waals surface area contributed by atoms with Gasteiger partial charge in [0.1, 0.15) is 12.4 Å². The molecule has 1 aromatic carbocycles. The molecule has 7 nitrogen and oxygen atoms in total. The number of ether oxygens (including phenoxy) is 3. The maximum absolute atomic E-state index is 14.4. The van der Waals surface area contributed by atoms with E-state index in [-0.39, 0.29) is 13.0 Å². The lowest BCUT2D eigenvalue weighted by molar-refractivity contribution is -0.161. The second kappa shape index (κ2) is 7.04. The van der Waals surface area contributed by atoms with E-state index in [2.05, 4.69) is 0 Å². The fraction of sp³-hybridized carbons (Fsp3) is 0.500. The summed E-state index contributed by atoms with van der Waals surface area (Å²) in [5.41, 5.74) is 0.841. The second-order valence-electron chi connectivity index (χ2n) is 5.50. The van der Waals surface area contributed by atoms with Crippen molar-refractivity contribution in [3.63, 3.8) is 0 Å². The van der Waals surface area contributed by atoms with Gasteiger partial charge in [-0.15, -0.1) is 0 Å². The molecule has 0 unspecified atom stereocenters. The topological polar surface area (TPSA) is 68.3 Å². The summed E-state index contributed by atoms with van der Waals surface area (Å²) in [6.45, 7) is 4.06. The van der Waals surface area contributed by atoms with E-state index in [9.17, 15) is 14.0 Å². The molecule has 2 aliphatic rings. The Hall–Kier alpha value is -2.35. The van der Waals surface area contributed by atoms with Crippen LogP contribution in [0.5, 0.6) is 0 Å². The van der Waals surface area contributed by atoms with Crippen molar-refractivity contribution in [3.8, 4) is 0 Å². The Morgan fingerprint density at radius 2 is 2.12 bits per heavy atom. The first-order chi connectivity index (χ1) is 11.6. The van der Waals surface area contributed by atoms with Gasteiger partial charge in [-0.25, -0.2) is 9.18 Å². The third-order valence-electron chi connectivity index (χ3n) is 3.93. The van der Waals surface area contributed by atoms with Gasteiger partial charge in [-0.3, -0.25) is 9.69 Å². The quantitative estimate of drug-likeness (QED) is 0.781. The van der Waals surface area contributed by atoms with Crippen molar-refractivity contribution < 1.29 is 28.2 Å². The van der Waals surface area contributed by atoms with Crippen molar-refractivity contribution in [2.24, 2.45) is 0 Å². The van der Waals surface area contributed by atoms with Gasteiger partial charge >= 0.3 is 12.1 Å². The predicted octanol–water partition coefficient (Wildman–Crippen LogP) is 1.90. The van der Waals surface area contributed by atoms with Crippen LogP contribution in [0.4, 0.5) is 20.6 Å². The van der Waals surface area contributed by atoms with Crippen LogP contribution in [0, 0.1) is 5.82 Å². The van der Waals surface area contributed by atoms with E-state index in [1.165, 1.54) is 11.0 Å². The molecule has 0 spiro atoms. The molecule has 2 saturated heterocycles. The molecule has 1 amide bonds. The summed E-state index contributed by atoms with van der Waals surface area (Å²) in [4.78, 5) is 26.3. The average molecular weight is 338 g/mol. The number of nitrogens with zero attached hydrogens (tertiary/aromatic N) is 2. The van der Waals surface area contributed by atoms with Crippen LogP contribution in [0.25, 0.3) is 0 Å². The van der Waals surface area contributed by atoms with Gasteiger partial charge in [-0.05, 0) is 18.2 Å².